The number of carbonyl (C=O) groups excluding carboxylic acids is 1. The number of nitrogens with two attached hydrogens (primary N) is 1. The van der Waals surface area contributed by atoms with Crippen molar-refractivity contribution in [1.82, 2.24) is 10.2 Å². The van der Waals surface area contributed by atoms with E-state index in [-0.39, 0.29) is 17.7 Å². The number of aliphatic hydroxyl groups is 4. The SMILES string of the molecule is CC(C)c1[nH]nc(O[C@@H]2O[C@H](CO)[C@@H](O)[C@H](O)[C@H]2O)c1Cc1ccc(OCCCCC(C)(C)C(N)=O)cc1. The average molecular weight is 536 g/mol. The Morgan fingerprint density at radius 1 is 1.13 bits per heavy atom. The first-order valence-electron chi connectivity index (χ1n) is 13.0. The van der Waals surface area contributed by atoms with Gasteiger partial charge in [-0.3, -0.25) is 9.89 Å². The quantitative estimate of drug-likeness (QED) is 0.206. The number of rotatable bonds is 13. The molecule has 0 spiro atoms. The molecule has 38 heavy (non-hydrogen) atoms. The first-order chi connectivity index (χ1) is 17.9. The van der Waals surface area contributed by atoms with Gasteiger partial charge in [0.15, 0.2) is 0 Å². The minimum Gasteiger partial charge on any atom is -0.494 e. The normalized spacial score (nSPS) is 24.0. The van der Waals surface area contributed by atoms with Crippen LogP contribution >= 0.6 is 0 Å². The van der Waals surface area contributed by atoms with Gasteiger partial charge in [0.05, 0.1) is 13.2 Å². The lowest BCUT2D eigenvalue weighted by Crippen LogP contribution is -2.60. The summed E-state index contributed by atoms with van der Waals surface area (Å²) in [5, 5.41) is 47.2. The van der Waals surface area contributed by atoms with Crippen LogP contribution in [0.25, 0.3) is 0 Å². The second kappa shape index (κ2) is 12.9. The molecule has 11 heteroatoms. The Bertz CT molecular complexity index is 1040. The van der Waals surface area contributed by atoms with E-state index in [2.05, 4.69) is 10.2 Å². The maximum Gasteiger partial charge on any atom is 0.238 e. The molecule has 0 radical (unpaired) electrons. The predicted octanol–water partition coefficient (Wildman–Crippen LogP) is 1.36. The Morgan fingerprint density at radius 2 is 1.82 bits per heavy atom. The number of aromatic amines is 1. The molecule has 3 rings (SSSR count). The number of hydrogen-bond donors (Lipinski definition) is 6. The van der Waals surface area contributed by atoms with Crippen molar-refractivity contribution in [3.8, 4) is 11.6 Å². The number of unbranched alkanes of at least 4 members (excludes halogenated alkanes) is 1. The third-order valence-electron chi connectivity index (χ3n) is 6.95. The van der Waals surface area contributed by atoms with E-state index in [0.717, 1.165) is 35.4 Å². The summed E-state index contributed by atoms with van der Waals surface area (Å²) >= 11 is 0. The molecule has 5 atom stereocenters. The van der Waals surface area contributed by atoms with Crippen molar-refractivity contribution in [2.45, 2.75) is 90.0 Å². The molecule has 1 aromatic heterocycles. The molecule has 0 aliphatic carbocycles. The van der Waals surface area contributed by atoms with Gasteiger partial charge in [-0.1, -0.05) is 39.8 Å². The van der Waals surface area contributed by atoms with Gasteiger partial charge in [0, 0.05) is 23.1 Å². The Morgan fingerprint density at radius 3 is 2.42 bits per heavy atom. The Kier molecular flexibility index (Phi) is 10.1. The molecule has 7 N–H and O–H groups in total. The molecule has 1 saturated heterocycles. The summed E-state index contributed by atoms with van der Waals surface area (Å²) in [6.45, 7) is 7.70. The monoisotopic (exact) mass is 535 g/mol. The number of aromatic nitrogens is 2. The molecular weight excluding hydrogens is 494 g/mol. The molecule has 1 amide bonds. The molecule has 2 heterocycles. The van der Waals surface area contributed by atoms with E-state index in [4.69, 9.17) is 19.9 Å². The summed E-state index contributed by atoms with van der Waals surface area (Å²) in [6, 6.07) is 7.66. The van der Waals surface area contributed by atoms with Crippen LogP contribution in [-0.4, -0.2) is 80.5 Å². The topological polar surface area (TPSA) is 180 Å². The fourth-order valence-electron chi connectivity index (χ4n) is 4.27. The van der Waals surface area contributed by atoms with E-state index >= 15 is 0 Å². The number of aliphatic hydroxyl groups excluding tert-OH is 4. The zero-order chi connectivity index (χ0) is 28.0. The zero-order valence-electron chi connectivity index (χ0n) is 22.5. The van der Waals surface area contributed by atoms with Crippen LogP contribution in [-0.2, 0) is 16.0 Å². The van der Waals surface area contributed by atoms with Gasteiger partial charge in [-0.05, 0) is 42.9 Å². The Balaban J connectivity index is 1.63. The van der Waals surface area contributed by atoms with E-state index in [9.17, 15) is 25.2 Å². The van der Waals surface area contributed by atoms with Crippen molar-refractivity contribution in [2.75, 3.05) is 13.2 Å². The maximum absolute atomic E-state index is 11.4. The highest BCUT2D eigenvalue weighted by atomic mass is 16.7. The Hall–Kier alpha value is -2.70. The Labute approximate surface area is 222 Å². The number of nitrogens with one attached hydrogen (secondary N) is 1. The second-order valence-corrected chi connectivity index (χ2v) is 10.8. The van der Waals surface area contributed by atoms with Crippen LogP contribution < -0.4 is 15.2 Å². The van der Waals surface area contributed by atoms with Crippen LogP contribution in [0.15, 0.2) is 24.3 Å². The summed E-state index contributed by atoms with van der Waals surface area (Å²) in [6.07, 6.45) is -4.11. The van der Waals surface area contributed by atoms with Gasteiger partial charge in [0.1, 0.15) is 30.2 Å². The van der Waals surface area contributed by atoms with Gasteiger partial charge in [-0.25, -0.2) is 0 Å². The first kappa shape index (κ1) is 29.9. The molecule has 1 aromatic carbocycles. The van der Waals surface area contributed by atoms with Crippen molar-refractivity contribution < 1.29 is 39.4 Å². The van der Waals surface area contributed by atoms with Gasteiger partial charge in [0.25, 0.3) is 0 Å². The molecule has 212 valence electrons. The van der Waals surface area contributed by atoms with Gasteiger partial charge < -0.3 is 40.4 Å². The average Bonchev–Trinajstić information content (AvgIpc) is 3.27. The van der Waals surface area contributed by atoms with E-state index in [1.165, 1.54) is 0 Å². The van der Waals surface area contributed by atoms with Crippen LogP contribution in [0.2, 0.25) is 0 Å². The minimum atomic E-state index is -1.54. The zero-order valence-corrected chi connectivity index (χ0v) is 22.5. The molecule has 0 unspecified atom stereocenters. The molecule has 1 aliphatic rings. The number of primary amides is 1. The summed E-state index contributed by atoms with van der Waals surface area (Å²) < 4.78 is 17.2. The van der Waals surface area contributed by atoms with Crippen molar-refractivity contribution in [3.05, 3.63) is 41.1 Å². The summed E-state index contributed by atoms with van der Waals surface area (Å²) in [4.78, 5) is 11.4. The van der Waals surface area contributed by atoms with Gasteiger partial charge in [-0.15, -0.1) is 5.10 Å². The highest BCUT2D eigenvalue weighted by Gasteiger charge is 2.45. The molecule has 2 aromatic rings. The summed E-state index contributed by atoms with van der Waals surface area (Å²) in [7, 11) is 0. The van der Waals surface area contributed by atoms with Crippen LogP contribution in [0, 0.1) is 5.41 Å². The molecule has 0 bridgehead atoms. The number of hydrogen-bond acceptors (Lipinski definition) is 9. The molecule has 11 nitrogen and oxygen atoms in total. The fourth-order valence-corrected chi connectivity index (χ4v) is 4.27. The molecule has 1 aliphatic heterocycles. The highest BCUT2D eigenvalue weighted by molar-refractivity contribution is 5.79. The van der Waals surface area contributed by atoms with Crippen molar-refractivity contribution >= 4 is 5.91 Å². The van der Waals surface area contributed by atoms with Crippen LogP contribution in [0.1, 0.15) is 69.7 Å². The first-order valence-corrected chi connectivity index (χ1v) is 13.0. The standard InChI is InChI=1S/C27H41N3O8/c1-15(2)20-18(24(30-29-20)38-25-23(34)22(33)21(32)19(14-31)37-25)13-16-7-9-17(10-8-16)36-12-6-5-11-27(3,4)26(28)35/h7-10,15,19,21-23,25,31-34H,5-6,11-14H2,1-4H3,(H2,28,35)(H,29,30)/t19-,21-,22+,23-,25+/m1/s1. The lowest BCUT2D eigenvalue weighted by atomic mass is 9.86. The number of nitrogens with zero attached hydrogens (tertiary/aromatic N) is 1. The third-order valence-corrected chi connectivity index (χ3v) is 6.95. The van der Waals surface area contributed by atoms with Gasteiger partial charge in [-0.2, -0.15) is 0 Å². The van der Waals surface area contributed by atoms with Crippen molar-refractivity contribution in [2.24, 2.45) is 11.1 Å². The number of amides is 1. The maximum atomic E-state index is 11.4. The lowest BCUT2D eigenvalue weighted by Gasteiger charge is -2.39. The van der Waals surface area contributed by atoms with Gasteiger partial charge >= 0.3 is 0 Å². The second-order valence-electron chi connectivity index (χ2n) is 10.8. The third kappa shape index (κ3) is 7.23. The van der Waals surface area contributed by atoms with Gasteiger partial charge in [0.2, 0.25) is 18.1 Å². The van der Waals surface area contributed by atoms with E-state index < -0.39 is 42.7 Å². The largest absolute Gasteiger partial charge is 0.494 e. The summed E-state index contributed by atoms with van der Waals surface area (Å²) in [5.41, 5.74) is 7.49. The molecule has 0 saturated carbocycles. The lowest BCUT2D eigenvalue weighted by molar-refractivity contribution is -0.278. The number of ether oxygens (including phenoxy) is 3. The van der Waals surface area contributed by atoms with E-state index in [1.807, 2.05) is 52.0 Å². The minimum absolute atomic E-state index is 0.104. The molecule has 1 fully saturated rings. The van der Waals surface area contributed by atoms with Crippen LogP contribution in [0.5, 0.6) is 11.6 Å². The van der Waals surface area contributed by atoms with Crippen LogP contribution in [0.4, 0.5) is 0 Å². The predicted molar refractivity (Wildman–Crippen MR) is 139 cm³/mol. The van der Waals surface area contributed by atoms with Crippen LogP contribution in [0.3, 0.4) is 0 Å². The summed E-state index contributed by atoms with van der Waals surface area (Å²) in [5.74, 6) is 0.745. The van der Waals surface area contributed by atoms with E-state index in [1.54, 1.807) is 0 Å². The van der Waals surface area contributed by atoms with Crippen molar-refractivity contribution in [3.63, 3.8) is 0 Å². The number of carbonyl (C=O) groups is 1. The van der Waals surface area contributed by atoms with Crippen molar-refractivity contribution in [1.29, 1.82) is 0 Å². The fraction of sp³-hybridized carbons (Fsp3) is 0.630. The highest BCUT2D eigenvalue weighted by Crippen LogP contribution is 2.31. The smallest absolute Gasteiger partial charge is 0.238 e. The number of H-pyrrole nitrogens is 1. The molecular formula is C27H41N3O8. The number of benzene rings is 1. The van der Waals surface area contributed by atoms with E-state index in [0.29, 0.717) is 19.4 Å².